The smallest absolute Gasteiger partial charge is 0.136 e. The van der Waals surface area contributed by atoms with Crippen molar-refractivity contribution in [2.75, 3.05) is 23.8 Å². The molecule has 21 heavy (non-hydrogen) atoms. The second-order valence-corrected chi connectivity index (χ2v) is 5.98. The van der Waals surface area contributed by atoms with Crippen LogP contribution in [0, 0.1) is 6.92 Å². The quantitative estimate of drug-likeness (QED) is 0.832. The molecular weight excluding hydrogens is 328 g/mol. The molecule has 0 aliphatic carbocycles. The van der Waals surface area contributed by atoms with E-state index < -0.39 is 0 Å². The maximum Gasteiger partial charge on any atom is 0.136 e. The molecule has 0 amide bonds. The number of nitrogens with zero attached hydrogens (tertiary/aromatic N) is 3. The minimum Gasteiger partial charge on any atom is -0.360 e. The summed E-state index contributed by atoms with van der Waals surface area (Å²) in [6.07, 6.45) is 2.34. The normalized spacial score (nSPS) is 10.5. The molecule has 0 spiro atoms. The third-order valence-corrected chi connectivity index (χ3v) is 3.71. The zero-order chi connectivity index (χ0) is 15.2. The molecule has 0 saturated carbocycles. The summed E-state index contributed by atoms with van der Waals surface area (Å²) in [6.45, 7) is 5.12. The molecule has 1 aromatic heterocycles. The third kappa shape index (κ3) is 4.70. The monoisotopic (exact) mass is 348 g/mol. The first-order chi connectivity index (χ1) is 10.1. The van der Waals surface area contributed by atoms with Gasteiger partial charge in [0.2, 0.25) is 0 Å². The van der Waals surface area contributed by atoms with Gasteiger partial charge < -0.3 is 10.2 Å². The second-order valence-electron chi connectivity index (χ2n) is 5.07. The van der Waals surface area contributed by atoms with Crippen molar-refractivity contribution in [2.24, 2.45) is 0 Å². The van der Waals surface area contributed by atoms with E-state index in [1.54, 1.807) is 0 Å². The number of nitrogens with one attached hydrogen (secondary N) is 1. The highest BCUT2D eigenvalue weighted by molar-refractivity contribution is 9.10. The lowest BCUT2D eigenvalue weighted by Crippen LogP contribution is -2.20. The van der Waals surface area contributed by atoms with Gasteiger partial charge in [0.25, 0.3) is 0 Å². The number of benzene rings is 1. The number of aromatic nitrogens is 2. The fourth-order valence-corrected chi connectivity index (χ4v) is 2.27. The number of rotatable bonds is 6. The average molecular weight is 349 g/mol. The summed E-state index contributed by atoms with van der Waals surface area (Å²) in [7, 11) is 2.07. The first kappa shape index (κ1) is 15.8. The summed E-state index contributed by atoms with van der Waals surface area (Å²) in [4.78, 5) is 11.1. The van der Waals surface area contributed by atoms with E-state index in [1.807, 2.05) is 37.3 Å². The van der Waals surface area contributed by atoms with Crippen LogP contribution in [0.2, 0.25) is 0 Å². The summed E-state index contributed by atoms with van der Waals surface area (Å²) < 4.78 is 1.06. The summed E-state index contributed by atoms with van der Waals surface area (Å²) in [6, 6.07) is 10.0. The highest BCUT2D eigenvalue weighted by Crippen LogP contribution is 2.21. The molecule has 0 aliphatic heterocycles. The molecule has 0 bridgehead atoms. The molecule has 0 unspecified atom stereocenters. The molecule has 4 nitrogen and oxygen atoms in total. The molecule has 0 saturated heterocycles. The van der Waals surface area contributed by atoms with Gasteiger partial charge in [0.05, 0.1) is 0 Å². The molecule has 112 valence electrons. The van der Waals surface area contributed by atoms with E-state index in [9.17, 15) is 0 Å². The van der Waals surface area contributed by atoms with Gasteiger partial charge in [-0.2, -0.15) is 0 Å². The van der Waals surface area contributed by atoms with Crippen LogP contribution in [-0.4, -0.2) is 23.6 Å². The van der Waals surface area contributed by atoms with Crippen molar-refractivity contribution in [1.82, 2.24) is 9.97 Å². The topological polar surface area (TPSA) is 41.0 Å². The maximum atomic E-state index is 4.51. The predicted octanol–water partition coefficient (Wildman–Crippen LogP) is 4.53. The maximum absolute atomic E-state index is 4.51. The van der Waals surface area contributed by atoms with Crippen molar-refractivity contribution >= 4 is 33.3 Å². The third-order valence-electron chi connectivity index (χ3n) is 3.18. The van der Waals surface area contributed by atoms with Crippen molar-refractivity contribution in [3.05, 3.63) is 40.6 Å². The van der Waals surface area contributed by atoms with Crippen molar-refractivity contribution in [1.29, 1.82) is 0 Å². The number of hydrogen-bond acceptors (Lipinski definition) is 4. The summed E-state index contributed by atoms with van der Waals surface area (Å²) in [5.41, 5.74) is 1.01. The lowest BCUT2D eigenvalue weighted by Gasteiger charge is -2.19. The molecule has 1 N–H and O–H groups in total. The SMILES string of the molecule is CCCCN(C)c1cc(Nc2ccc(Br)cc2)nc(C)n1. The van der Waals surface area contributed by atoms with Crippen LogP contribution in [0.5, 0.6) is 0 Å². The lowest BCUT2D eigenvalue weighted by atomic mass is 10.3. The van der Waals surface area contributed by atoms with Gasteiger partial charge in [0, 0.05) is 29.8 Å². The summed E-state index contributed by atoms with van der Waals surface area (Å²) in [5.74, 6) is 2.55. The van der Waals surface area contributed by atoms with Crippen LogP contribution in [-0.2, 0) is 0 Å². The van der Waals surface area contributed by atoms with Gasteiger partial charge in [-0.1, -0.05) is 29.3 Å². The van der Waals surface area contributed by atoms with Crippen LogP contribution in [0.3, 0.4) is 0 Å². The van der Waals surface area contributed by atoms with E-state index in [0.717, 1.165) is 40.6 Å². The molecule has 0 aliphatic rings. The molecule has 1 aromatic carbocycles. The Labute approximate surface area is 134 Å². The Hall–Kier alpha value is -1.62. The van der Waals surface area contributed by atoms with Gasteiger partial charge in [-0.05, 0) is 37.6 Å². The van der Waals surface area contributed by atoms with Crippen LogP contribution in [0.15, 0.2) is 34.8 Å². The minimum atomic E-state index is 0.774. The van der Waals surface area contributed by atoms with Crippen molar-refractivity contribution in [3.8, 4) is 0 Å². The largest absolute Gasteiger partial charge is 0.360 e. The average Bonchev–Trinajstić information content (AvgIpc) is 2.46. The first-order valence-electron chi connectivity index (χ1n) is 7.18. The van der Waals surface area contributed by atoms with Gasteiger partial charge in [0.1, 0.15) is 17.5 Å². The Bertz CT molecular complexity index is 583. The fraction of sp³-hybridized carbons (Fsp3) is 0.375. The van der Waals surface area contributed by atoms with Gasteiger partial charge in [-0.3, -0.25) is 0 Å². The Balaban J connectivity index is 2.16. The van der Waals surface area contributed by atoms with E-state index in [1.165, 1.54) is 6.42 Å². The lowest BCUT2D eigenvalue weighted by molar-refractivity contribution is 0.756. The summed E-state index contributed by atoms with van der Waals surface area (Å²) in [5, 5.41) is 3.32. The van der Waals surface area contributed by atoms with Crippen molar-refractivity contribution in [2.45, 2.75) is 26.7 Å². The van der Waals surface area contributed by atoms with E-state index in [2.05, 4.69) is 50.1 Å². The van der Waals surface area contributed by atoms with Gasteiger partial charge >= 0.3 is 0 Å². The molecule has 2 rings (SSSR count). The molecular formula is C16H21BrN4. The zero-order valence-electron chi connectivity index (χ0n) is 12.7. The van der Waals surface area contributed by atoms with Gasteiger partial charge in [-0.25, -0.2) is 9.97 Å². The second kappa shape index (κ2) is 7.41. The highest BCUT2D eigenvalue weighted by atomic mass is 79.9. The van der Waals surface area contributed by atoms with E-state index >= 15 is 0 Å². The minimum absolute atomic E-state index is 0.774. The van der Waals surface area contributed by atoms with Crippen LogP contribution >= 0.6 is 15.9 Å². The number of unbranched alkanes of at least 4 members (excludes halogenated alkanes) is 1. The van der Waals surface area contributed by atoms with Crippen LogP contribution < -0.4 is 10.2 Å². The Morgan fingerprint density at radius 3 is 2.57 bits per heavy atom. The molecule has 0 atom stereocenters. The Kier molecular flexibility index (Phi) is 5.56. The predicted molar refractivity (Wildman–Crippen MR) is 92.4 cm³/mol. The van der Waals surface area contributed by atoms with E-state index in [4.69, 9.17) is 0 Å². The number of aryl methyl sites for hydroxylation is 1. The zero-order valence-corrected chi connectivity index (χ0v) is 14.3. The first-order valence-corrected chi connectivity index (χ1v) is 7.97. The molecule has 5 heteroatoms. The number of anilines is 3. The van der Waals surface area contributed by atoms with Gasteiger partial charge in [0.15, 0.2) is 0 Å². The Morgan fingerprint density at radius 2 is 1.90 bits per heavy atom. The standard InChI is InChI=1S/C16H21BrN4/c1-4-5-10-21(3)16-11-15(18-12(2)19-16)20-14-8-6-13(17)7-9-14/h6-9,11H,4-5,10H2,1-3H3,(H,18,19,20). The summed E-state index contributed by atoms with van der Waals surface area (Å²) >= 11 is 3.44. The highest BCUT2D eigenvalue weighted by Gasteiger charge is 2.06. The molecule has 0 fully saturated rings. The number of halogens is 1. The number of hydrogen-bond donors (Lipinski definition) is 1. The van der Waals surface area contributed by atoms with Crippen LogP contribution in [0.1, 0.15) is 25.6 Å². The van der Waals surface area contributed by atoms with Crippen molar-refractivity contribution in [3.63, 3.8) is 0 Å². The molecule has 2 aromatic rings. The fourth-order valence-electron chi connectivity index (χ4n) is 2.00. The molecule has 0 radical (unpaired) electrons. The van der Waals surface area contributed by atoms with Gasteiger partial charge in [-0.15, -0.1) is 0 Å². The van der Waals surface area contributed by atoms with Crippen LogP contribution in [0.4, 0.5) is 17.3 Å². The van der Waals surface area contributed by atoms with Crippen molar-refractivity contribution < 1.29 is 0 Å². The Morgan fingerprint density at radius 1 is 1.19 bits per heavy atom. The van der Waals surface area contributed by atoms with Crippen LogP contribution in [0.25, 0.3) is 0 Å². The molecule has 1 heterocycles. The van der Waals surface area contributed by atoms with E-state index in [-0.39, 0.29) is 0 Å². The van der Waals surface area contributed by atoms with E-state index in [0.29, 0.717) is 0 Å².